The van der Waals surface area contributed by atoms with Gasteiger partial charge in [0.1, 0.15) is 17.6 Å². The van der Waals surface area contributed by atoms with Crippen molar-refractivity contribution < 1.29 is 9.53 Å². The maximum atomic E-state index is 12.8. The number of hydrogen-bond acceptors (Lipinski definition) is 5. The number of H-pyrrole nitrogens is 1. The number of amides is 1. The maximum Gasteiger partial charge on any atom is 0.272 e. The fourth-order valence-corrected chi connectivity index (χ4v) is 3.72. The molecule has 1 N–H and O–H groups in total. The van der Waals surface area contributed by atoms with Crippen molar-refractivity contribution in [3.63, 3.8) is 0 Å². The minimum absolute atomic E-state index is 0.0424. The highest BCUT2D eigenvalue weighted by Gasteiger charge is 2.45. The predicted octanol–water partition coefficient (Wildman–Crippen LogP) is 1.24. The van der Waals surface area contributed by atoms with Gasteiger partial charge in [0.2, 0.25) is 0 Å². The SMILES string of the molecule is CCn1nc(C)cc1C(=O)N1C[C@@H]2C[C@@H](c3n[nH]c(C)n3)O[C@@H]2C1. The van der Waals surface area contributed by atoms with Gasteiger partial charge in [-0.25, -0.2) is 4.98 Å². The Morgan fingerprint density at radius 1 is 1.42 bits per heavy atom. The van der Waals surface area contributed by atoms with Crippen molar-refractivity contribution in [2.45, 2.75) is 45.9 Å². The molecule has 0 bridgehead atoms. The summed E-state index contributed by atoms with van der Waals surface area (Å²) in [6, 6.07) is 1.86. The Labute approximate surface area is 140 Å². The summed E-state index contributed by atoms with van der Waals surface area (Å²) >= 11 is 0. The van der Waals surface area contributed by atoms with E-state index in [0.29, 0.717) is 24.7 Å². The van der Waals surface area contributed by atoms with Crippen LogP contribution in [-0.4, -0.2) is 55.0 Å². The first kappa shape index (κ1) is 15.3. The fourth-order valence-electron chi connectivity index (χ4n) is 3.72. The molecular weight excluding hydrogens is 308 g/mol. The van der Waals surface area contributed by atoms with E-state index in [9.17, 15) is 4.79 Å². The summed E-state index contributed by atoms with van der Waals surface area (Å²) in [7, 11) is 0. The van der Waals surface area contributed by atoms with Crippen molar-refractivity contribution in [1.82, 2.24) is 29.9 Å². The first-order chi connectivity index (χ1) is 11.5. The molecule has 24 heavy (non-hydrogen) atoms. The fraction of sp³-hybridized carbons (Fsp3) is 0.625. The molecule has 0 radical (unpaired) electrons. The van der Waals surface area contributed by atoms with Gasteiger partial charge in [0.25, 0.3) is 5.91 Å². The van der Waals surface area contributed by atoms with Gasteiger partial charge < -0.3 is 9.64 Å². The zero-order valence-electron chi connectivity index (χ0n) is 14.2. The van der Waals surface area contributed by atoms with Crippen LogP contribution in [-0.2, 0) is 11.3 Å². The molecule has 2 fully saturated rings. The van der Waals surface area contributed by atoms with Gasteiger partial charge in [0.15, 0.2) is 5.82 Å². The topological polar surface area (TPSA) is 88.9 Å². The summed E-state index contributed by atoms with van der Waals surface area (Å²) in [6.07, 6.45) is 0.861. The van der Waals surface area contributed by atoms with Crippen LogP contribution >= 0.6 is 0 Å². The first-order valence-electron chi connectivity index (χ1n) is 8.43. The smallest absolute Gasteiger partial charge is 0.272 e. The number of carbonyl (C=O) groups excluding carboxylic acids is 1. The van der Waals surface area contributed by atoms with Crippen molar-refractivity contribution in [3.8, 4) is 0 Å². The molecule has 0 saturated carbocycles. The Hall–Kier alpha value is -2.22. The lowest BCUT2D eigenvalue weighted by Gasteiger charge is -2.19. The van der Waals surface area contributed by atoms with Gasteiger partial charge >= 0.3 is 0 Å². The highest BCUT2D eigenvalue weighted by atomic mass is 16.5. The number of rotatable bonds is 3. The van der Waals surface area contributed by atoms with Gasteiger partial charge in [-0.1, -0.05) is 0 Å². The minimum atomic E-state index is -0.0642. The number of nitrogens with one attached hydrogen (secondary N) is 1. The molecule has 128 valence electrons. The lowest BCUT2D eigenvalue weighted by atomic mass is 10.0. The summed E-state index contributed by atoms with van der Waals surface area (Å²) in [5, 5.41) is 11.4. The molecule has 4 rings (SSSR count). The second kappa shape index (κ2) is 5.70. The number of aromatic nitrogens is 5. The van der Waals surface area contributed by atoms with Crippen LogP contribution in [0.4, 0.5) is 0 Å². The monoisotopic (exact) mass is 330 g/mol. The van der Waals surface area contributed by atoms with E-state index in [4.69, 9.17) is 4.74 Å². The van der Waals surface area contributed by atoms with Crippen LogP contribution < -0.4 is 0 Å². The predicted molar refractivity (Wildman–Crippen MR) is 85.4 cm³/mol. The summed E-state index contributed by atoms with van der Waals surface area (Å²) in [6.45, 7) is 7.82. The van der Waals surface area contributed by atoms with E-state index in [2.05, 4.69) is 20.3 Å². The zero-order valence-corrected chi connectivity index (χ0v) is 14.2. The Bertz CT molecular complexity index is 752. The van der Waals surface area contributed by atoms with Crippen LogP contribution in [0.3, 0.4) is 0 Å². The molecule has 0 aromatic carbocycles. The van der Waals surface area contributed by atoms with Gasteiger partial charge in [-0.3, -0.25) is 14.6 Å². The summed E-state index contributed by atoms with van der Waals surface area (Å²) in [5.41, 5.74) is 1.53. The average molecular weight is 330 g/mol. The van der Waals surface area contributed by atoms with Gasteiger partial charge in [0, 0.05) is 25.6 Å². The second-order valence-corrected chi connectivity index (χ2v) is 6.63. The van der Waals surface area contributed by atoms with Gasteiger partial charge in [-0.05, 0) is 33.3 Å². The molecule has 0 spiro atoms. The van der Waals surface area contributed by atoms with E-state index in [1.807, 2.05) is 31.7 Å². The molecule has 8 heteroatoms. The molecule has 2 aliphatic heterocycles. The van der Waals surface area contributed by atoms with Crippen molar-refractivity contribution in [3.05, 3.63) is 29.1 Å². The molecule has 2 aromatic rings. The van der Waals surface area contributed by atoms with E-state index in [-0.39, 0.29) is 18.1 Å². The number of nitrogens with zero attached hydrogens (tertiary/aromatic N) is 5. The molecule has 8 nitrogen and oxygen atoms in total. The lowest BCUT2D eigenvalue weighted by Crippen LogP contribution is -2.32. The largest absolute Gasteiger partial charge is 0.365 e. The quantitative estimate of drug-likeness (QED) is 0.914. The normalized spacial score (nSPS) is 26.1. The van der Waals surface area contributed by atoms with E-state index < -0.39 is 0 Å². The number of ether oxygens (including phenoxy) is 1. The van der Waals surface area contributed by atoms with Crippen LogP contribution in [0.5, 0.6) is 0 Å². The van der Waals surface area contributed by atoms with E-state index >= 15 is 0 Å². The number of fused-ring (bicyclic) bond motifs is 1. The van der Waals surface area contributed by atoms with E-state index in [1.165, 1.54) is 0 Å². The van der Waals surface area contributed by atoms with Crippen LogP contribution in [0.15, 0.2) is 6.07 Å². The van der Waals surface area contributed by atoms with Gasteiger partial charge in [-0.15, -0.1) is 0 Å². The molecule has 2 aliphatic rings. The van der Waals surface area contributed by atoms with Crippen molar-refractivity contribution in [1.29, 1.82) is 0 Å². The molecule has 2 aromatic heterocycles. The number of hydrogen-bond donors (Lipinski definition) is 1. The Balaban J connectivity index is 1.44. The van der Waals surface area contributed by atoms with Crippen LogP contribution in [0.1, 0.15) is 47.3 Å². The number of aryl methyl sites for hydroxylation is 3. The highest BCUT2D eigenvalue weighted by molar-refractivity contribution is 5.93. The molecule has 0 unspecified atom stereocenters. The number of aromatic amines is 1. The molecule has 0 aliphatic carbocycles. The van der Waals surface area contributed by atoms with Crippen LogP contribution in [0.2, 0.25) is 0 Å². The summed E-state index contributed by atoms with van der Waals surface area (Å²) in [4.78, 5) is 19.1. The summed E-state index contributed by atoms with van der Waals surface area (Å²) < 4.78 is 7.87. The van der Waals surface area contributed by atoms with E-state index in [1.54, 1.807) is 4.68 Å². The van der Waals surface area contributed by atoms with E-state index in [0.717, 1.165) is 30.3 Å². The standard InChI is InChI=1S/C16H22N6O2/c1-4-22-12(5-9(2)20-22)16(23)21-7-11-6-13(24-14(11)8-21)15-17-10(3)18-19-15/h5,11,13-14H,4,6-8H2,1-3H3,(H,17,18,19)/t11-,13-,14+/m0/s1. The highest BCUT2D eigenvalue weighted by Crippen LogP contribution is 2.40. The number of likely N-dealkylation sites (tertiary alicyclic amines) is 1. The van der Waals surface area contributed by atoms with Crippen molar-refractivity contribution >= 4 is 5.91 Å². The minimum Gasteiger partial charge on any atom is -0.365 e. The second-order valence-electron chi connectivity index (χ2n) is 6.63. The Kier molecular flexibility index (Phi) is 3.64. The average Bonchev–Trinajstić information content (AvgIpc) is 3.27. The lowest BCUT2D eigenvalue weighted by molar-refractivity contribution is 0.0314. The number of carbonyl (C=O) groups is 1. The third-order valence-corrected chi connectivity index (χ3v) is 4.85. The van der Waals surface area contributed by atoms with Crippen molar-refractivity contribution in [2.24, 2.45) is 5.92 Å². The maximum absolute atomic E-state index is 12.8. The first-order valence-corrected chi connectivity index (χ1v) is 8.43. The van der Waals surface area contributed by atoms with Gasteiger partial charge in [-0.2, -0.15) is 10.2 Å². The summed E-state index contributed by atoms with van der Waals surface area (Å²) in [5.74, 6) is 1.91. The van der Waals surface area contributed by atoms with Gasteiger partial charge in [0.05, 0.1) is 11.8 Å². The third kappa shape index (κ3) is 2.50. The zero-order chi connectivity index (χ0) is 16.8. The van der Waals surface area contributed by atoms with Crippen LogP contribution in [0.25, 0.3) is 0 Å². The molecule has 4 heterocycles. The Morgan fingerprint density at radius 3 is 2.92 bits per heavy atom. The Morgan fingerprint density at radius 2 is 2.25 bits per heavy atom. The molecule has 2 saturated heterocycles. The molecule has 1 amide bonds. The van der Waals surface area contributed by atoms with Crippen LogP contribution in [0, 0.1) is 19.8 Å². The third-order valence-electron chi connectivity index (χ3n) is 4.85. The molecular formula is C16H22N6O2. The van der Waals surface area contributed by atoms with Crippen molar-refractivity contribution in [2.75, 3.05) is 13.1 Å². The molecule has 3 atom stereocenters.